The van der Waals surface area contributed by atoms with Crippen molar-refractivity contribution in [3.05, 3.63) is 64.2 Å². The zero-order valence-electron chi connectivity index (χ0n) is 23.4. The Morgan fingerprint density at radius 1 is 1.07 bits per heavy atom. The van der Waals surface area contributed by atoms with E-state index in [-0.39, 0.29) is 23.8 Å². The van der Waals surface area contributed by atoms with E-state index in [9.17, 15) is 9.59 Å². The summed E-state index contributed by atoms with van der Waals surface area (Å²) in [6, 6.07) is 9.97. The normalized spacial score (nSPS) is 17.0. The van der Waals surface area contributed by atoms with E-state index in [0.717, 1.165) is 22.3 Å². The number of nitrogens with zero attached hydrogens (tertiary/aromatic N) is 2. The summed E-state index contributed by atoms with van der Waals surface area (Å²) in [7, 11) is 1.48. The molecule has 1 aliphatic heterocycles. The second-order valence-corrected chi connectivity index (χ2v) is 9.89. The highest BCUT2D eigenvalue weighted by atomic mass is 16.6. The monoisotopic (exact) mass is 547 g/mol. The Kier molecular flexibility index (Phi) is 7.85. The summed E-state index contributed by atoms with van der Waals surface area (Å²) in [6.45, 7) is 9.19. The van der Waals surface area contributed by atoms with Crippen LogP contribution in [0.15, 0.2) is 41.6 Å². The summed E-state index contributed by atoms with van der Waals surface area (Å²) >= 11 is 0. The van der Waals surface area contributed by atoms with E-state index in [4.69, 9.17) is 30.5 Å². The second kappa shape index (κ2) is 11.1. The molecule has 210 valence electrons. The van der Waals surface area contributed by atoms with Crippen LogP contribution in [0, 0.1) is 20.8 Å². The van der Waals surface area contributed by atoms with Gasteiger partial charge in [-0.2, -0.15) is 0 Å². The van der Waals surface area contributed by atoms with Gasteiger partial charge in [-0.15, -0.1) is 0 Å². The van der Waals surface area contributed by atoms with Crippen molar-refractivity contribution in [2.45, 2.75) is 46.6 Å². The van der Waals surface area contributed by atoms with Gasteiger partial charge >= 0.3 is 5.97 Å². The average molecular weight is 548 g/mol. The molecule has 0 bridgehead atoms. The number of hydrogen-bond donors (Lipinski definition) is 3. The number of pyridine rings is 1. The molecule has 1 unspecified atom stereocenters. The fraction of sp³-hybridized carbons (Fsp3) is 0.310. The molecule has 1 amide bonds. The Morgan fingerprint density at radius 2 is 1.77 bits per heavy atom. The molecular formula is C29H33N5O6. The summed E-state index contributed by atoms with van der Waals surface area (Å²) in [5, 5.41) is 7.06. The van der Waals surface area contributed by atoms with E-state index in [1.54, 1.807) is 24.3 Å². The summed E-state index contributed by atoms with van der Waals surface area (Å²) in [6.07, 6.45) is 0.391. The van der Waals surface area contributed by atoms with Gasteiger partial charge in [0.05, 0.1) is 11.3 Å². The number of amides is 1. The third-order valence-corrected chi connectivity index (χ3v) is 6.66. The molecular weight excluding hydrogens is 514 g/mol. The molecule has 1 atom stereocenters. The van der Waals surface area contributed by atoms with Crippen LogP contribution in [0.5, 0.6) is 17.2 Å². The van der Waals surface area contributed by atoms with Gasteiger partial charge in [0.2, 0.25) is 0 Å². The number of nitrogens with one attached hydrogen (secondary N) is 1. The average Bonchev–Trinajstić information content (AvgIpc) is 2.89. The van der Waals surface area contributed by atoms with Crippen LogP contribution in [0.3, 0.4) is 0 Å². The van der Waals surface area contributed by atoms with Gasteiger partial charge < -0.3 is 35.8 Å². The first-order chi connectivity index (χ1) is 18.9. The fourth-order valence-corrected chi connectivity index (χ4v) is 4.61. The number of oxime groups is 1. The molecule has 2 heterocycles. The van der Waals surface area contributed by atoms with E-state index >= 15 is 0 Å². The molecule has 11 heteroatoms. The van der Waals surface area contributed by atoms with Gasteiger partial charge in [-0.1, -0.05) is 5.16 Å². The van der Waals surface area contributed by atoms with Crippen LogP contribution in [0.1, 0.15) is 52.9 Å². The molecule has 4 rings (SSSR count). The first-order valence-corrected chi connectivity index (χ1v) is 12.6. The predicted octanol–water partition coefficient (Wildman–Crippen LogP) is 4.32. The van der Waals surface area contributed by atoms with Crippen LogP contribution >= 0.6 is 0 Å². The van der Waals surface area contributed by atoms with Gasteiger partial charge in [-0.05, 0) is 75.2 Å². The molecule has 11 nitrogen and oxygen atoms in total. The number of hydrogen-bond acceptors (Lipinski definition) is 10. The number of aromatic nitrogens is 1. The molecule has 0 spiro atoms. The molecule has 2 aromatic carbocycles. The summed E-state index contributed by atoms with van der Waals surface area (Å²) in [4.78, 5) is 33.4. The number of nitrogens with two attached hydrogens (primary N) is 2. The van der Waals surface area contributed by atoms with Gasteiger partial charge in [0.15, 0.2) is 0 Å². The first-order valence-electron chi connectivity index (χ1n) is 12.6. The highest BCUT2D eigenvalue weighted by molar-refractivity contribution is 6.07. The topological polar surface area (TPSA) is 160 Å². The van der Waals surface area contributed by atoms with Crippen LogP contribution in [0.4, 0.5) is 17.3 Å². The lowest BCUT2D eigenvalue weighted by Gasteiger charge is -2.38. The maximum absolute atomic E-state index is 12.6. The quantitative estimate of drug-likeness (QED) is 0.222. The molecule has 1 aromatic heterocycles. The van der Waals surface area contributed by atoms with Gasteiger partial charge in [-0.3, -0.25) is 9.59 Å². The van der Waals surface area contributed by atoms with E-state index in [2.05, 4.69) is 15.5 Å². The van der Waals surface area contributed by atoms with Crippen LogP contribution in [-0.4, -0.2) is 41.9 Å². The number of benzene rings is 2. The fourth-order valence-electron chi connectivity index (χ4n) is 4.61. The van der Waals surface area contributed by atoms with E-state index in [1.807, 2.05) is 27.7 Å². The third kappa shape index (κ3) is 5.78. The lowest BCUT2D eigenvalue weighted by molar-refractivity contribution is -0.132. The number of fused-ring (bicyclic) bond motifs is 1. The minimum atomic E-state index is -0.774. The van der Waals surface area contributed by atoms with Crippen molar-refractivity contribution >= 4 is 34.9 Å². The number of rotatable bonds is 7. The zero-order chi connectivity index (χ0) is 29.2. The van der Waals surface area contributed by atoms with Crippen molar-refractivity contribution < 1.29 is 28.6 Å². The third-order valence-electron chi connectivity index (χ3n) is 6.66. The maximum atomic E-state index is 12.6. The van der Waals surface area contributed by atoms with Crippen molar-refractivity contribution in [3.8, 4) is 17.2 Å². The van der Waals surface area contributed by atoms with Gasteiger partial charge in [0, 0.05) is 30.2 Å². The largest absolute Gasteiger partial charge is 0.489 e. The lowest BCUT2D eigenvalue weighted by atomic mass is 9.86. The second-order valence-electron chi connectivity index (χ2n) is 9.89. The van der Waals surface area contributed by atoms with Gasteiger partial charge in [-0.25, -0.2) is 4.98 Å². The molecule has 0 saturated heterocycles. The number of esters is 1. The number of carbonyl (C=O) groups is 2. The van der Waals surface area contributed by atoms with Gasteiger partial charge in [0.25, 0.3) is 5.91 Å². The minimum absolute atomic E-state index is 0.0550. The number of carbonyl (C=O) groups excluding carboxylic acids is 2. The van der Waals surface area contributed by atoms with Crippen molar-refractivity contribution in [1.82, 2.24) is 4.98 Å². The Morgan fingerprint density at radius 3 is 2.40 bits per heavy atom. The standard InChI is InChI=1S/C29H33N5O6/c1-15-16(2)26-24(17(3)25(15)39-18(4)35)22(34-37-6)13-29(5,40-26)14-38-20-9-7-19(8-10-20)32-28(36)21-11-12-23(30)33-27(21)31/h7-12H,13-14H2,1-6H3,(H,32,36)(H4,30,31,33). The summed E-state index contributed by atoms with van der Waals surface area (Å²) < 4.78 is 18.1. The molecule has 0 radical (unpaired) electrons. The van der Waals surface area contributed by atoms with E-state index in [0.29, 0.717) is 35.1 Å². The molecule has 0 aliphatic carbocycles. The minimum Gasteiger partial charge on any atom is -0.489 e. The molecule has 40 heavy (non-hydrogen) atoms. The van der Waals surface area contributed by atoms with E-state index in [1.165, 1.54) is 26.2 Å². The Hall–Kier alpha value is -4.80. The molecule has 3 aromatic rings. The lowest BCUT2D eigenvalue weighted by Crippen LogP contribution is -2.45. The van der Waals surface area contributed by atoms with Crippen molar-refractivity contribution in [2.75, 3.05) is 30.5 Å². The SMILES string of the molecule is CON=C1CC(C)(COc2ccc(NC(=O)c3ccc(N)nc3N)cc2)Oc2c(C)c(C)c(OC(C)=O)c(C)c21. The van der Waals surface area contributed by atoms with E-state index < -0.39 is 17.5 Å². The van der Waals surface area contributed by atoms with Crippen molar-refractivity contribution in [1.29, 1.82) is 0 Å². The van der Waals surface area contributed by atoms with Crippen LogP contribution in [0.25, 0.3) is 0 Å². The molecule has 0 saturated carbocycles. The van der Waals surface area contributed by atoms with Crippen LogP contribution < -0.4 is 31.0 Å². The number of nitrogen functional groups attached to an aromatic ring is 2. The van der Waals surface area contributed by atoms with Crippen LogP contribution in [-0.2, 0) is 9.63 Å². The molecule has 5 N–H and O–H groups in total. The zero-order valence-corrected chi connectivity index (χ0v) is 23.4. The van der Waals surface area contributed by atoms with Crippen molar-refractivity contribution in [2.24, 2.45) is 5.16 Å². The predicted molar refractivity (Wildman–Crippen MR) is 152 cm³/mol. The maximum Gasteiger partial charge on any atom is 0.308 e. The van der Waals surface area contributed by atoms with Gasteiger partial charge in [0.1, 0.15) is 48.2 Å². The number of anilines is 3. The highest BCUT2D eigenvalue weighted by Crippen LogP contribution is 2.44. The molecule has 1 aliphatic rings. The summed E-state index contributed by atoms with van der Waals surface area (Å²) in [5.74, 6) is 1.22. The Balaban J connectivity index is 1.51. The van der Waals surface area contributed by atoms with Crippen LogP contribution in [0.2, 0.25) is 0 Å². The smallest absolute Gasteiger partial charge is 0.308 e. The highest BCUT2D eigenvalue weighted by Gasteiger charge is 2.40. The molecule has 0 fully saturated rings. The van der Waals surface area contributed by atoms with Crippen molar-refractivity contribution in [3.63, 3.8) is 0 Å². The number of ether oxygens (including phenoxy) is 3. The Bertz CT molecular complexity index is 1500. The first kappa shape index (κ1) is 28.2. The summed E-state index contributed by atoms with van der Waals surface area (Å²) in [5.41, 5.74) is 15.2. The Labute approximate surface area is 232 Å².